The van der Waals surface area contributed by atoms with Gasteiger partial charge in [0.25, 0.3) is 0 Å². The molecular weight excluding hydrogens is 236 g/mol. The van der Waals surface area contributed by atoms with Crippen molar-refractivity contribution in [3.8, 4) is 5.75 Å². The lowest BCUT2D eigenvalue weighted by atomic mass is 10.2. The largest absolute Gasteiger partial charge is 0.492 e. The summed E-state index contributed by atoms with van der Waals surface area (Å²) in [5, 5.41) is 0.655. The minimum atomic E-state index is 0.625. The summed E-state index contributed by atoms with van der Waals surface area (Å²) in [5.41, 5.74) is 1.14. The van der Waals surface area contributed by atoms with Crippen LogP contribution in [0.25, 0.3) is 0 Å². The van der Waals surface area contributed by atoms with Crippen LogP contribution in [0.5, 0.6) is 5.75 Å². The van der Waals surface area contributed by atoms with Gasteiger partial charge in [-0.25, -0.2) is 4.98 Å². The summed E-state index contributed by atoms with van der Waals surface area (Å²) in [5.74, 6) is 1.73. The van der Waals surface area contributed by atoms with E-state index in [0.717, 1.165) is 23.7 Å². The first-order valence-electron chi connectivity index (χ1n) is 5.59. The van der Waals surface area contributed by atoms with Crippen molar-refractivity contribution in [1.82, 2.24) is 9.55 Å². The first kappa shape index (κ1) is 12.0. The molecule has 0 spiro atoms. The summed E-state index contributed by atoms with van der Waals surface area (Å²) < 4.78 is 7.47. The van der Waals surface area contributed by atoms with Gasteiger partial charge in [0.1, 0.15) is 11.6 Å². The zero-order chi connectivity index (χ0) is 12.3. The molecule has 0 unspecified atom stereocenters. The quantitative estimate of drug-likeness (QED) is 0.833. The molecule has 0 saturated carbocycles. The van der Waals surface area contributed by atoms with Crippen molar-refractivity contribution in [2.75, 3.05) is 6.61 Å². The normalized spacial score (nSPS) is 10.5. The molecule has 0 N–H and O–H groups in total. The van der Waals surface area contributed by atoms with Crippen LogP contribution in [-0.2, 0) is 6.54 Å². The molecule has 0 aliphatic heterocycles. The van der Waals surface area contributed by atoms with Crippen LogP contribution in [0.4, 0.5) is 0 Å². The molecule has 17 heavy (non-hydrogen) atoms. The van der Waals surface area contributed by atoms with E-state index in [2.05, 4.69) is 9.55 Å². The number of aryl methyl sites for hydroxylation is 1. The summed E-state index contributed by atoms with van der Waals surface area (Å²) >= 11 is 6.14. The van der Waals surface area contributed by atoms with Gasteiger partial charge in [-0.15, -0.1) is 0 Å². The van der Waals surface area contributed by atoms with Gasteiger partial charge in [0.05, 0.1) is 11.6 Å². The van der Waals surface area contributed by atoms with Crippen LogP contribution in [-0.4, -0.2) is 16.2 Å². The number of rotatable bonds is 4. The lowest BCUT2D eigenvalue weighted by Gasteiger charge is -2.09. The zero-order valence-electron chi connectivity index (χ0n) is 9.98. The Morgan fingerprint density at radius 1 is 1.41 bits per heavy atom. The number of ether oxygens (including phenoxy) is 1. The monoisotopic (exact) mass is 250 g/mol. The third-order valence-corrected chi connectivity index (χ3v) is 2.87. The van der Waals surface area contributed by atoms with Crippen LogP contribution >= 0.6 is 11.6 Å². The number of aromatic nitrogens is 2. The topological polar surface area (TPSA) is 27.1 Å². The molecule has 1 heterocycles. The lowest BCUT2D eigenvalue weighted by Crippen LogP contribution is -2.01. The molecule has 90 valence electrons. The van der Waals surface area contributed by atoms with E-state index < -0.39 is 0 Å². The second kappa shape index (κ2) is 5.23. The fourth-order valence-corrected chi connectivity index (χ4v) is 1.94. The number of imidazole rings is 1. The molecular formula is C13H15ClN2O. The van der Waals surface area contributed by atoms with Gasteiger partial charge in [-0.3, -0.25) is 0 Å². The van der Waals surface area contributed by atoms with E-state index in [1.807, 2.05) is 38.2 Å². The summed E-state index contributed by atoms with van der Waals surface area (Å²) in [6, 6.07) is 5.87. The molecule has 0 saturated heterocycles. The number of hydrogen-bond donors (Lipinski definition) is 0. The van der Waals surface area contributed by atoms with Crippen molar-refractivity contribution < 1.29 is 4.74 Å². The van der Waals surface area contributed by atoms with Crippen LogP contribution in [0.15, 0.2) is 30.6 Å². The Hall–Kier alpha value is -1.48. The molecule has 0 bridgehead atoms. The lowest BCUT2D eigenvalue weighted by molar-refractivity contribution is 0.340. The maximum absolute atomic E-state index is 6.14. The molecule has 2 rings (SSSR count). The Morgan fingerprint density at radius 2 is 2.24 bits per heavy atom. The van der Waals surface area contributed by atoms with Crippen LogP contribution < -0.4 is 4.74 Å². The zero-order valence-corrected chi connectivity index (χ0v) is 10.7. The fourth-order valence-electron chi connectivity index (χ4n) is 1.68. The van der Waals surface area contributed by atoms with Crippen molar-refractivity contribution in [1.29, 1.82) is 0 Å². The molecule has 4 heteroatoms. The van der Waals surface area contributed by atoms with Crippen LogP contribution in [0.2, 0.25) is 5.02 Å². The summed E-state index contributed by atoms with van der Waals surface area (Å²) in [6.45, 7) is 5.33. The van der Waals surface area contributed by atoms with Crippen molar-refractivity contribution in [2.24, 2.45) is 0 Å². The first-order chi connectivity index (χ1) is 8.20. The second-order valence-corrected chi connectivity index (χ2v) is 4.21. The van der Waals surface area contributed by atoms with Gasteiger partial charge in [-0.1, -0.05) is 17.7 Å². The maximum Gasteiger partial charge on any atom is 0.137 e. The predicted molar refractivity (Wildman–Crippen MR) is 68.7 cm³/mol. The average Bonchev–Trinajstić information content (AvgIpc) is 2.69. The molecule has 0 fully saturated rings. The highest BCUT2D eigenvalue weighted by Crippen LogP contribution is 2.25. The van der Waals surface area contributed by atoms with Gasteiger partial charge in [0.15, 0.2) is 0 Å². The molecule has 3 nitrogen and oxygen atoms in total. The third-order valence-electron chi connectivity index (χ3n) is 2.57. The number of hydrogen-bond acceptors (Lipinski definition) is 2. The standard InChI is InChI=1S/C13H15ClN2O/c1-3-17-13-5-4-11(8-12(13)14)9-16-7-6-15-10(16)2/h4-8H,3,9H2,1-2H3. The summed E-state index contributed by atoms with van der Waals surface area (Å²) in [7, 11) is 0. The Morgan fingerprint density at radius 3 is 2.82 bits per heavy atom. The molecule has 1 aromatic carbocycles. The average molecular weight is 251 g/mol. The van der Waals surface area contributed by atoms with E-state index in [9.17, 15) is 0 Å². The predicted octanol–water partition coefficient (Wildman–Crippen LogP) is 3.29. The van der Waals surface area contributed by atoms with E-state index in [1.165, 1.54) is 0 Å². The molecule has 1 aromatic heterocycles. The minimum absolute atomic E-state index is 0.625. The van der Waals surface area contributed by atoms with Crippen LogP contribution in [0, 0.1) is 6.92 Å². The van der Waals surface area contributed by atoms with Gasteiger partial charge >= 0.3 is 0 Å². The third kappa shape index (κ3) is 2.80. The van der Waals surface area contributed by atoms with E-state index in [0.29, 0.717) is 11.6 Å². The van der Waals surface area contributed by atoms with E-state index in [-0.39, 0.29) is 0 Å². The molecule has 0 amide bonds. The first-order valence-corrected chi connectivity index (χ1v) is 5.97. The van der Waals surface area contributed by atoms with E-state index >= 15 is 0 Å². The van der Waals surface area contributed by atoms with Crippen LogP contribution in [0.3, 0.4) is 0 Å². The molecule has 0 radical (unpaired) electrons. The Labute approximate surface area is 106 Å². The highest BCUT2D eigenvalue weighted by Gasteiger charge is 2.04. The Balaban J connectivity index is 2.18. The van der Waals surface area contributed by atoms with Gasteiger partial charge in [0.2, 0.25) is 0 Å². The van der Waals surface area contributed by atoms with Crippen molar-refractivity contribution >= 4 is 11.6 Å². The fraction of sp³-hybridized carbons (Fsp3) is 0.308. The Kier molecular flexibility index (Phi) is 3.69. The maximum atomic E-state index is 6.14. The summed E-state index contributed by atoms with van der Waals surface area (Å²) in [6.07, 6.45) is 3.76. The highest BCUT2D eigenvalue weighted by molar-refractivity contribution is 6.32. The smallest absolute Gasteiger partial charge is 0.137 e. The molecule has 0 aliphatic carbocycles. The van der Waals surface area contributed by atoms with Gasteiger partial charge in [-0.05, 0) is 31.5 Å². The highest BCUT2D eigenvalue weighted by atomic mass is 35.5. The van der Waals surface area contributed by atoms with Crippen LogP contribution in [0.1, 0.15) is 18.3 Å². The number of halogens is 1. The van der Waals surface area contributed by atoms with Crippen molar-refractivity contribution in [3.63, 3.8) is 0 Å². The Bertz CT molecular complexity index is 508. The molecule has 0 aliphatic rings. The van der Waals surface area contributed by atoms with Crippen molar-refractivity contribution in [2.45, 2.75) is 20.4 Å². The number of benzene rings is 1. The molecule has 2 aromatic rings. The van der Waals surface area contributed by atoms with Gasteiger partial charge in [-0.2, -0.15) is 0 Å². The van der Waals surface area contributed by atoms with Crippen molar-refractivity contribution in [3.05, 3.63) is 47.0 Å². The van der Waals surface area contributed by atoms with Gasteiger partial charge < -0.3 is 9.30 Å². The summed E-state index contributed by atoms with van der Waals surface area (Å²) in [4.78, 5) is 4.19. The minimum Gasteiger partial charge on any atom is -0.492 e. The van der Waals surface area contributed by atoms with Gasteiger partial charge in [0, 0.05) is 18.9 Å². The van der Waals surface area contributed by atoms with E-state index in [1.54, 1.807) is 6.20 Å². The number of nitrogens with zero attached hydrogens (tertiary/aromatic N) is 2. The molecule has 0 atom stereocenters. The van der Waals surface area contributed by atoms with E-state index in [4.69, 9.17) is 16.3 Å². The second-order valence-electron chi connectivity index (χ2n) is 3.80. The SMILES string of the molecule is CCOc1ccc(Cn2ccnc2C)cc1Cl.